The van der Waals surface area contributed by atoms with Gasteiger partial charge in [-0.2, -0.15) is 0 Å². The first kappa shape index (κ1) is 16.0. The Hall–Kier alpha value is -1.40. The van der Waals surface area contributed by atoms with E-state index in [9.17, 15) is 0 Å². The minimum absolute atomic E-state index is 0.0793. The normalized spacial score (nSPS) is 11.7. The molecule has 0 atom stereocenters. The summed E-state index contributed by atoms with van der Waals surface area (Å²) in [5, 5.41) is 11.4. The molecule has 0 unspecified atom stereocenters. The van der Waals surface area contributed by atoms with Crippen molar-refractivity contribution in [2.75, 3.05) is 0 Å². The topological polar surface area (TPSA) is 52.0 Å². The lowest BCUT2D eigenvalue weighted by molar-refractivity contribution is 0.300. The van der Waals surface area contributed by atoms with E-state index in [1.165, 1.54) is 5.56 Å². The number of benzene rings is 1. The molecule has 0 aliphatic rings. The first-order valence-electron chi connectivity index (χ1n) is 6.85. The van der Waals surface area contributed by atoms with E-state index in [4.69, 9.17) is 4.74 Å². The standard InChI is InChI=1S/C15H21BrN4O/c1-15(2,3)17-8-11-7-13(5-6-14(11)16)21-10-12-9-20(4)19-18-12/h5-7,9,17H,8,10H2,1-4H3. The summed E-state index contributed by atoms with van der Waals surface area (Å²) >= 11 is 3.58. The summed E-state index contributed by atoms with van der Waals surface area (Å²) in [4.78, 5) is 0. The van der Waals surface area contributed by atoms with Crippen LogP contribution in [0.4, 0.5) is 0 Å². The average molecular weight is 353 g/mol. The van der Waals surface area contributed by atoms with Crippen molar-refractivity contribution in [1.82, 2.24) is 20.3 Å². The van der Waals surface area contributed by atoms with E-state index >= 15 is 0 Å². The number of ether oxygens (including phenoxy) is 1. The van der Waals surface area contributed by atoms with Crippen LogP contribution < -0.4 is 10.1 Å². The third-order valence-electron chi connectivity index (χ3n) is 2.86. The van der Waals surface area contributed by atoms with Crippen LogP contribution in [0, 0.1) is 0 Å². The van der Waals surface area contributed by atoms with Gasteiger partial charge >= 0.3 is 0 Å². The Labute approximate surface area is 133 Å². The summed E-state index contributed by atoms with van der Waals surface area (Å²) in [6.07, 6.45) is 1.85. The zero-order valence-corrected chi connectivity index (χ0v) is 14.4. The predicted molar refractivity (Wildman–Crippen MR) is 86.1 cm³/mol. The molecular formula is C15H21BrN4O. The molecule has 0 saturated heterocycles. The molecule has 0 bridgehead atoms. The van der Waals surface area contributed by atoms with Crippen LogP contribution >= 0.6 is 15.9 Å². The van der Waals surface area contributed by atoms with E-state index in [1.54, 1.807) is 4.68 Å². The smallest absolute Gasteiger partial charge is 0.134 e. The number of aryl methyl sites for hydroxylation is 1. The Morgan fingerprint density at radius 3 is 2.71 bits per heavy atom. The molecule has 0 aliphatic heterocycles. The van der Waals surface area contributed by atoms with Gasteiger partial charge < -0.3 is 10.1 Å². The van der Waals surface area contributed by atoms with E-state index < -0.39 is 0 Å². The minimum Gasteiger partial charge on any atom is -0.487 e. The summed E-state index contributed by atoms with van der Waals surface area (Å²) in [5.41, 5.74) is 2.06. The van der Waals surface area contributed by atoms with Crippen molar-refractivity contribution in [3.63, 3.8) is 0 Å². The maximum Gasteiger partial charge on any atom is 0.134 e. The molecule has 0 aliphatic carbocycles. The van der Waals surface area contributed by atoms with Crippen molar-refractivity contribution in [1.29, 1.82) is 0 Å². The molecule has 1 aromatic heterocycles. The summed E-state index contributed by atoms with van der Waals surface area (Å²) in [5.74, 6) is 0.828. The largest absolute Gasteiger partial charge is 0.487 e. The molecular weight excluding hydrogens is 332 g/mol. The van der Waals surface area contributed by atoms with Crippen molar-refractivity contribution in [3.05, 3.63) is 40.1 Å². The van der Waals surface area contributed by atoms with E-state index in [1.807, 2.05) is 31.4 Å². The molecule has 0 spiro atoms. The van der Waals surface area contributed by atoms with Gasteiger partial charge in [-0.25, -0.2) is 0 Å². The van der Waals surface area contributed by atoms with Crippen molar-refractivity contribution in [2.24, 2.45) is 7.05 Å². The van der Waals surface area contributed by atoms with Crippen LogP contribution in [0.15, 0.2) is 28.9 Å². The van der Waals surface area contributed by atoms with Gasteiger partial charge in [0.15, 0.2) is 0 Å². The molecule has 0 amide bonds. The fourth-order valence-electron chi connectivity index (χ4n) is 1.76. The third kappa shape index (κ3) is 5.13. The van der Waals surface area contributed by atoms with Crippen LogP contribution in [-0.4, -0.2) is 20.5 Å². The van der Waals surface area contributed by atoms with Crippen molar-refractivity contribution in [2.45, 2.75) is 39.5 Å². The second-order valence-electron chi connectivity index (χ2n) is 6.03. The monoisotopic (exact) mass is 352 g/mol. The van der Waals surface area contributed by atoms with Crippen LogP contribution in [0.1, 0.15) is 32.0 Å². The van der Waals surface area contributed by atoms with Gasteiger partial charge in [0.25, 0.3) is 0 Å². The zero-order valence-electron chi connectivity index (χ0n) is 12.9. The van der Waals surface area contributed by atoms with Gasteiger partial charge in [-0.1, -0.05) is 21.1 Å². The van der Waals surface area contributed by atoms with Gasteiger partial charge in [0.05, 0.1) is 6.20 Å². The summed E-state index contributed by atoms with van der Waals surface area (Å²) in [6, 6.07) is 5.99. The molecule has 6 heteroatoms. The molecule has 21 heavy (non-hydrogen) atoms. The van der Waals surface area contributed by atoms with E-state index in [2.05, 4.69) is 52.3 Å². The molecule has 0 radical (unpaired) electrons. The molecule has 0 saturated carbocycles. The van der Waals surface area contributed by atoms with Gasteiger partial charge in [-0.15, -0.1) is 5.10 Å². The SMILES string of the molecule is Cn1cc(COc2ccc(Br)c(CNC(C)(C)C)c2)nn1. The number of halogens is 1. The number of aromatic nitrogens is 3. The zero-order chi connectivity index (χ0) is 15.5. The molecule has 114 valence electrons. The Balaban J connectivity index is 2.00. The van der Waals surface area contributed by atoms with Gasteiger partial charge in [0.2, 0.25) is 0 Å². The lowest BCUT2D eigenvalue weighted by atomic mass is 10.1. The summed E-state index contributed by atoms with van der Waals surface area (Å²) < 4.78 is 8.51. The van der Waals surface area contributed by atoms with E-state index in [-0.39, 0.29) is 5.54 Å². The number of nitrogens with zero attached hydrogens (tertiary/aromatic N) is 3. The number of hydrogen-bond donors (Lipinski definition) is 1. The van der Waals surface area contributed by atoms with Crippen LogP contribution in [0.25, 0.3) is 0 Å². The Morgan fingerprint density at radius 1 is 1.33 bits per heavy atom. The number of rotatable bonds is 5. The molecule has 5 nitrogen and oxygen atoms in total. The highest BCUT2D eigenvalue weighted by atomic mass is 79.9. The Morgan fingerprint density at radius 2 is 2.10 bits per heavy atom. The van der Waals surface area contributed by atoms with E-state index in [0.717, 1.165) is 22.5 Å². The van der Waals surface area contributed by atoms with Crippen molar-refractivity contribution in [3.8, 4) is 5.75 Å². The molecule has 1 aromatic carbocycles. The molecule has 0 fully saturated rings. The second kappa shape index (κ2) is 6.58. The quantitative estimate of drug-likeness (QED) is 0.898. The van der Waals surface area contributed by atoms with Crippen LogP contribution in [0.2, 0.25) is 0 Å². The van der Waals surface area contributed by atoms with Crippen molar-refractivity contribution >= 4 is 15.9 Å². The lowest BCUT2D eigenvalue weighted by Crippen LogP contribution is -2.35. The Bertz CT molecular complexity index is 604. The fraction of sp³-hybridized carbons (Fsp3) is 0.467. The van der Waals surface area contributed by atoms with Crippen LogP contribution in [0.5, 0.6) is 5.75 Å². The maximum absolute atomic E-state index is 5.77. The second-order valence-corrected chi connectivity index (χ2v) is 6.88. The highest BCUT2D eigenvalue weighted by Crippen LogP contribution is 2.23. The first-order valence-corrected chi connectivity index (χ1v) is 7.64. The fourth-order valence-corrected chi connectivity index (χ4v) is 2.14. The van der Waals surface area contributed by atoms with Gasteiger partial charge in [0, 0.05) is 23.6 Å². The van der Waals surface area contributed by atoms with Gasteiger partial charge in [0.1, 0.15) is 18.1 Å². The maximum atomic E-state index is 5.77. The molecule has 1 heterocycles. The first-order chi connectivity index (χ1) is 9.83. The van der Waals surface area contributed by atoms with Crippen molar-refractivity contribution < 1.29 is 4.74 Å². The predicted octanol–water partition coefficient (Wildman–Crippen LogP) is 3.04. The van der Waals surface area contributed by atoms with E-state index in [0.29, 0.717) is 6.61 Å². The van der Waals surface area contributed by atoms with Crippen LogP contribution in [-0.2, 0) is 20.2 Å². The molecule has 2 rings (SSSR count). The highest BCUT2D eigenvalue weighted by Gasteiger charge is 2.10. The van der Waals surface area contributed by atoms with Gasteiger partial charge in [-0.05, 0) is 44.5 Å². The Kier molecular flexibility index (Phi) is 5.00. The third-order valence-corrected chi connectivity index (χ3v) is 3.64. The summed E-state index contributed by atoms with van der Waals surface area (Å²) in [7, 11) is 1.84. The number of nitrogens with one attached hydrogen (secondary N) is 1. The minimum atomic E-state index is 0.0793. The van der Waals surface area contributed by atoms with Gasteiger partial charge in [-0.3, -0.25) is 4.68 Å². The van der Waals surface area contributed by atoms with Crippen LogP contribution in [0.3, 0.4) is 0 Å². The summed E-state index contributed by atoms with van der Waals surface area (Å²) in [6.45, 7) is 7.65. The molecule has 2 aromatic rings. The highest BCUT2D eigenvalue weighted by molar-refractivity contribution is 9.10. The molecule has 1 N–H and O–H groups in total. The lowest BCUT2D eigenvalue weighted by Gasteiger charge is -2.21. The number of hydrogen-bond acceptors (Lipinski definition) is 4. The average Bonchev–Trinajstić information content (AvgIpc) is 2.81.